The summed E-state index contributed by atoms with van der Waals surface area (Å²) in [6.45, 7) is 0. The maximum absolute atomic E-state index is 12.8. The Bertz CT molecular complexity index is 548. The van der Waals surface area contributed by atoms with Gasteiger partial charge in [-0.2, -0.15) is 5.10 Å². The van der Waals surface area contributed by atoms with Crippen LogP contribution in [0.4, 0.5) is 4.39 Å². The lowest BCUT2D eigenvalue weighted by Gasteiger charge is -2.05. The fourth-order valence-electron chi connectivity index (χ4n) is 1.38. The Morgan fingerprint density at radius 3 is 2.59 bits per heavy atom. The molecule has 6 heteroatoms. The van der Waals surface area contributed by atoms with E-state index in [1.54, 1.807) is 0 Å². The van der Waals surface area contributed by atoms with E-state index in [1.807, 2.05) is 0 Å². The molecule has 0 aliphatic carbocycles. The molecule has 0 aliphatic rings. The largest absolute Gasteiger partial charge is 0.481 e. The first kappa shape index (κ1) is 11.1. The van der Waals surface area contributed by atoms with E-state index in [-0.39, 0.29) is 17.4 Å². The maximum Gasteiger partial charge on any atom is 0.356 e. The van der Waals surface area contributed by atoms with E-state index in [0.29, 0.717) is 5.69 Å². The lowest BCUT2D eigenvalue weighted by Crippen LogP contribution is -2.02. The van der Waals surface area contributed by atoms with Crippen molar-refractivity contribution >= 4 is 5.97 Å². The third-order valence-corrected chi connectivity index (χ3v) is 2.18. The van der Waals surface area contributed by atoms with Crippen LogP contribution < -0.4 is 4.74 Å². The summed E-state index contributed by atoms with van der Waals surface area (Å²) in [5.41, 5.74) is 0.391. The molecular weight excluding hydrogens is 227 g/mol. The van der Waals surface area contributed by atoms with Gasteiger partial charge in [-0.1, -0.05) is 0 Å². The molecule has 0 aliphatic heterocycles. The molecule has 0 bridgehead atoms. The summed E-state index contributed by atoms with van der Waals surface area (Å²) in [4.78, 5) is 10.8. The van der Waals surface area contributed by atoms with Gasteiger partial charge in [0.05, 0.1) is 12.8 Å². The molecule has 5 nitrogen and oxygen atoms in total. The Morgan fingerprint density at radius 1 is 1.41 bits per heavy atom. The van der Waals surface area contributed by atoms with Gasteiger partial charge >= 0.3 is 5.97 Å². The molecule has 0 radical (unpaired) electrons. The second-order valence-electron chi connectivity index (χ2n) is 3.27. The first-order valence-corrected chi connectivity index (χ1v) is 4.75. The van der Waals surface area contributed by atoms with Crippen LogP contribution in [0.3, 0.4) is 0 Å². The molecule has 1 aromatic heterocycles. The van der Waals surface area contributed by atoms with Crippen LogP contribution in [-0.4, -0.2) is 28.0 Å². The van der Waals surface area contributed by atoms with E-state index in [9.17, 15) is 9.18 Å². The van der Waals surface area contributed by atoms with Crippen molar-refractivity contribution in [3.8, 4) is 11.6 Å². The summed E-state index contributed by atoms with van der Waals surface area (Å²) in [5.74, 6) is -1.25. The molecule has 2 rings (SSSR count). The first-order chi connectivity index (χ1) is 8.11. The molecule has 2 aromatic rings. The molecule has 0 atom stereocenters. The summed E-state index contributed by atoms with van der Waals surface area (Å²) in [5, 5.41) is 12.7. The molecule has 0 fully saturated rings. The summed E-state index contributed by atoms with van der Waals surface area (Å²) in [6, 6.07) is 6.78. The highest BCUT2D eigenvalue weighted by Crippen LogP contribution is 2.19. The second kappa shape index (κ2) is 4.25. The Kier molecular flexibility index (Phi) is 2.78. The number of aromatic carboxylic acids is 1. The van der Waals surface area contributed by atoms with Gasteiger partial charge in [-0.15, -0.1) is 0 Å². The van der Waals surface area contributed by atoms with Crippen LogP contribution in [-0.2, 0) is 0 Å². The highest BCUT2D eigenvalue weighted by atomic mass is 19.1. The number of hydrogen-bond donors (Lipinski definition) is 1. The van der Waals surface area contributed by atoms with E-state index in [4.69, 9.17) is 9.84 Å². The summed E-state index contributed by atoms with van der Waals surface area (Å²) in [6.07, 6.45) is 0. The lowest BCUT2D eigenvalue weighted by molar-refractivity contribution is 0.0690. The zero-order chi connectivity index (χ0) is 12.4. The van der Waals surface area contributed by atoms with Crippen molar-refractivity contribution in [1.29, 1.82) is 0 Å². The predicted octanol–water partition coefficient (Wildman–Crippen LogP) is 1.72. The van der Waals surface area contributed by atoms with Crippen molar-refractivity contribution in [2.75, 3.05) is 7.11 Å². The second-order valence-corrected chi connectivity index (χ2v) is 3.27. The van der Waals surface area contributed by atoms with Gasteiger partial charge in [-0.25, -0.2) is 13.9 Å². The van der Waals surface area contributed by atoms with Gasteiger partial charge in [-0.3, -0.25) is 0 Å². The summed E-state index contributed by atoms with van der Waals surface area (Å²) < 4.78 is 19.1. The van der Waals surface area contributed by atoms with Crippen LogP contribution in [0.25, 0.3) is 5.69 Å². The van der Waals surface area contributed by atoms with E-state index in [2.05, 4.69) is 5.10 Å². The number of rotatable bonds is 3. The standard InChI is InChI=1S/C11H9FN2O3/c1-17-10-6-9(11(15)16)13-14(10)8-4-2-7(12)3-5-8/h2-6H,1H3,(H,15,16). The van der Waals surface area contributed by atoms with Crippen LogP contribution in [0, 0.1) is 5.82 Å². The van der Waals surface area contributed by atoms with Crippen LogP contribution in [0.1, 0.15) is 10.5 Å². The number of ether oxygens (including phenoxy) is 1. The minimum Gasteiger partial charge on any atom is -0.481 e. The van der Waals surface area contributed by atoms with Crippen molar-refractivity contribution < 1.29 is 19.0 Å². The van der Waals surface area contributed by atoms with Crippen LogP contribution in [0.5, 0.6) is 5.88 Å². The third kappa shape index (κ3) is 2.10. The van der Waals surface area contributed by atoms with Crippen molar-refractivity contribution in [1.82, 2.24) is 9.78 Å². The van der Waals surface area contributed by atoms with Crippen LogP contribution in [0.15, 0.2) is 30.3 Å². The van der Waals surface area contributed by atoms with Gasteiger partial charge in [0.15, 0.2) is 5.69 Å². The lowest BCUT2D eigenvalue weighted by atomic mass is 10.3. The topological polar surface area (TPSA) is 64.3 Å². The minimum absolute atomic E-state index is 0.133. The molecule has 88 valence electrons. The monoisotopic (exact) mass is 236 g/mol. The minimum atomic E-state index is -1.15. The quantitative estimate of drug-likeness (QED) is 0.881. The molecule has 1 heterocycles. The molecule has 0 unspecified atom stereocenters. The fourth-order valence-corrected chi connectivity index (χ4v) is 1.38. The molecule has 0 saturated heterocycles. The highest BCUT2D eigenvalue weighted by molar-refractivity contribution is 5.85. The Labute approximate surface area is 96.1 Å². The molecule has 0 saturated carbocycles. The number of carbonyl (C=O) groups is 1. The van der Waals surface area contributed by atoms with Crippen molar-refractivity contribution in [2.24, 2.45) is 0 Å². The molecule has 0 amide bonds. The molecule has 0 spiro atoms. The Balaban J connectivity index is 2.50. The number of hydrogen-bond acceptors (Lipinski definition) is 3. The zero-order valence-corrected chi connectivity index (χ0v) is 8.92. The average Bonchev–Trinajstić information content (AvgIpc) is 2.74. The van der Waals surface area contributed by atoms with Crippen molar-refractivity contribution in [2.45, 2.75) is 0 Å². The van der Waals surface area contributed by atoms with Gasteiger partial charge in [0, 0.05) is 6.07 Å². The van der Waals surface area contributed by atoms with E-state index < -0.39 is 5.97 Å². The summed E-state index contributed by atoms with van der Waals surface area (Å²) >= 11 is 0. The van der Waals surface area contributed by atoms with Crippen LogP contribution >= 0.6 is 0 Å². The SMILES string of the molecule is COc1cc(C(=O)O)nn1-c1ccc(F)cc1. The number of benzene rings is 1. The summed E-state index contributed by atoms with van der Waals surface area (Å²) in [7, 11) is 1.41. The third-order valence-electron chi connectivity index (χ3n) is 2.18. The zero-order valence-electron chi connectivity index (χ0n) is 8.92. The van der Waals surface area contributed by atoms with Gasteiger partial charge < -0.3 is 9.84 Å². The molecular formula is C11H9FN2O3. The highest BCUT2D eigenvalue weighted by Gasteiger charge is 2.14. The van der Waals surface area contributed by atoms with Crippen LogP contribution in [0.2, 0.25) is 0 Å². The number of aromatic nitrogens is 2. The van der Waals surface area contributed by atoms with Gasteiger partial charge in [-0.05, 0) is 24.3 Å². The number of carboxylic acids is 1. The smallest absolute Gasteiger partial charge is 0.356 e. The number of methoxy groups -OCH3 is 1. The Morgan fingerprint density at radius 2 is 2.06 bits per heavy atom. The average molecular weight is 236 g/mol. The normalized spacial score (nSPS) is 10.2. The van der Waals surface area contributed by atoms with E-state index in [0.717, 1.165) is 0 Å². The molecule has 1 aromatic carbocycles. The maximum atomic E-state index is 12.8. The molecule has 1 N–H and O–H groups in total. The van der Waals surface area contributed by atoms with Gasteiger partial charge in [0.2, 0.25) is 5.88 Å². The van der Waals surface area contributed by atoms with E-state index in [1.165, 1.54) is 42.1 Å². The Hall–Kier alpha value is -2.37. The van der Waals surface area contributed by atoms with Crippen molar-refractivity contribution in [3.63, 3.8) is 0 Å². The van der Waals surface area contributed by atoms with Crippen molar-refractivity contribution in [3.05, 3.63) is 41.8 Å². The number of carboxylic acid groups (broad SMARTS) is 1. The number of halogens is 1. The predicted molar refractivity (Wildman–Crippen MR) is 57.0 cm³/mol. The van der Waals surface area contributed by atoms with Gasteiger partial charge in [0.25, 0.3) is 0 Å². The number of nitrogens with zero attached hydrogens (tertiary/aromatic N) is 2. The molecule has 17 heavy (non-hydrogen) atoms. The van der Waals surface area contributed by atoms with E-state index >= 15 is 0 Å². The first-order valence-electron chi connectivity index (χ1n) is 4.75. The fraction of sp³-hybridized carbons (Fsp3) is 0.0909. The van der Waals surface area contributed by atoms with Gasteiger partial charge in [0.1, 0.15) is 5.82 Å².